The monoisotopic (exact) mass is 432 g/mol. The van der Waals surface area contributed by atoms with E-state index in [-0.39, 0.29) is 23.2 Å². The molecule has 0 saturated carbocycles. The van der Waals surface area contributed by atoms with Crippen LogP contribution in [0.15, 0.2) is 52.1 Å². The lowest BCUT2D eigenvalue weighted by Gasteiger charge is -2.23. The summed E-state index contributed by atoms with van der Waals surface area (Å²) in [5.41, 5.74) is 0.0933. The highest BCUT2D eigenvalue weighted by molar-refractivity contribution is 7.99. The highest BCUT2D eigenvalue weighted by Gasteiger charge is 2.21. The summed E-state index contributed by atoms with van der Waals surface area (Å²) in [6.45, 7) is 0.398. The summed E-state index contributed by atoms with van der Waals surface area (Å²) in [4.78, 5) is 27.2. The van der Waals surface area contributed by atoms with Crippen molar-refractivity contribution in [2.45, 2.75) is 16.1 Å². The summed E-state index contributed by atoms with van der Waals surface area (Å²) in [6, 6.07) is 8.45. The Bertz CT molecular complexity index is 1000. The second-order valence-electron chi connectivity index (χ2n) is 6.47. The number of carbonyl (C=O) groups is 1. The van der Waals surface area contributed by atoms with Gasteiger partial charge in [-0.15, -0.1) is 21.5 Å². The molecule has 3 aromatic rings. The minimum Gasteiger partial charge on any atom is -0.350 e. The second kappa shape index (κ2) is 9.16. The molecule has 1 aromatic carbocycles. The van der Waals surface area contributed by atoms with Gasteiger partial charge in [-0.05, 0) is 49.4 Å². The Morgan fingerprint density at radius 3 is 2.79 bits per heavy atom. The molecule has 2 heterocycles. The number of nitro benzene ring substituents is 1. The van der Waals surface area contributed by atoms with Crippen LogP contribution in [0, 0.1) is 10.1 Å². The van der Waals surface area contributed by atoms with Crippen molar-refractivity contribution < 1.29 is 9.72 Å². The predicted octanol–water partition coefficient (Wildman–Crippen LogP) is 2.97. The summed E-state index contributed by atoms with van der Waals surface area (Å²) in [5, 5.41) is 24.6. The van der Waals surface area contributed by atoms with Crippen LogP contribution in [0.4, 0.5) is 5.69 Å². The van der Waals surface area contributed by atoms with Crippen LogP contribution in [0.5, 0.6) is 0 Å². The molecule has 9 nitrogen and oxygen atoms in total. The van der Waals surface area contributed by atoms with Crippen molar-refractivity contribution in [2.75, 3.05) is 20.6 Å². The summed E-state index contributed by atoms with van der Waals surface area (Å²) in [6.07, 6.45) is 1.52. The van der Waals surface area contributed by atoms with Crippen molar-refractivity contribution in [3.8, 4) is 0 Å². The molecule has 3 rings (SSSR count). The van der Waals surface area contributed by atoms with Crippen LogP contribution in [0.2, 0.25) is 0 Å². The van der Waals surface area contributed by atoms with Gasteiger partial charge in [0.25, 0.3) is 11.6 Å². The third kappa shape index (κ3) is 5.00. The lowest BCUT2D eigenvalue weighted by molar-refractivity contribution is -0.387. The Hall–Kier alpha value is -2.76. The molecule has 0 spiro atoms. The summed E-state index contributed by atoms with van der Waals surface area (Å²) in [7, 11) is 5.64. The van der Waals surface area contributed by atoms with Crippen molar-refractivity contribution in [1.82, 2.24) is 25.0 Å². The van der Waals surface area contributed by atoms with E-state index < -0.39 is 4.92 Å². The quantitative estimate of drug-likeness (QED) is 0.431. The largest absolute Gasteiger partial charge is 0.350 e. The van der Waals surface area contributed by atoms with Crippen LogP contribution in [0.25, 0.3) is 0 Å². The normalized spacial score (nSPS) is 12.1. The number of nitrogens with zero attached hydrogens (tertiary/aromatic N) is 5. The molecular formula is C18H20N6O3S2. The molecule has 0 aliphatic rings. The number of hydrogen-bond acceptors (Lipinski definition) is 8. The zero-order valence-electron chi connectivity index (χ0n) is 16.1. The third-order valence-electron chi connectivity index (χ3n) is 4.24. The van der Waals surface area contributed by atoms with Crippen molar-refractivity contribution in [3.63, 3.8) is 0 Å². The van der Waals surface area contributed by atoms with E-state index in [1.807, 2.05) is 36.5 Å². The van der Waals surface area contributed by atoms with Crippen LogP contribution >= 0.6 is 23.1 Å². The lowest BCUT2D eigenvalue weighted by Crippen LogP contribution is -2.34. The maximum absolute atomic E-state index is 12.6. The van der Waals surface area contributed by atoms with Crippen molar-refractivity contribution >= 4 is 34.7 Å². The Kier molecular flexibility index (Phi) is 6.62. The number of nitrogens with one attached hydrogen (secondary N) is 1. The average Bonchev–Trinajstić information content (AvgIpc) is 3.34. The van der Waals surface area contributed by atoms with Gasteiger partial charge in [0.2, 0.25) is 0 Å². The molecule has 0 aliphatic heterocycles. The zero-order chi connectivity index (χ0) is 21.0. The molecule has 1 N–H and O–H groups in total. The van der Waals surface area contributed by atoms with Crippen LogP contribution < -0.4 is 5.32 Å². The van der Waals surface area contributed by atoms with Gasteiger partial charge in [0.05, 0.1) is 15.9 Å². The lowest BCUT2D eigenvalue weighted by atomic mass is 10.1. The van der Waals surface area contributed by atoms with E-state index in [1.54, 1.807) is 35.1 Å². The fourth-order valence-electron chi connectivity index (χ4n) is 2.66. The van der Waals surface area contributed by atoms with Crippen molar-refractivity contribution in [1.29, 1.82) is 0 Å². The molecule has 0 saturated heterocycles. The minimum absolute atomic E-state index is 0.0275. The van der Waals surface area contributed by atoms with Gasteiger partial charge in [-0.25, -0.2) is 0 Å². The number of thiophene rings is 1. The summed E-state index contributed by atoms with van der Waals surface area (Å²) < 4.78 is 1.67. The SMILES string of the molecule is CN(C)C(CNC(=O)c1ccc(Sc2nncn2C)c([N+](=O)[O-])c1)c1cccs1. The number of benzene rings is 1. The van der Waals surface area contributed by atoms with E-state index in [9.17, 15) is 14.9 Å². The van der Waals surface area contributed by atoms with Crippen LogP contribution in [0.3, 0.4) is 0 Å². The Labute approximate surface area is 175 Å². The fraction of sp³-hybridized carbons (Fsp3) is 0.278. The first-order chi connectivity index (χ1) is 13.9. The first-order valence-electron chi connectivity index (χ1n) is 8.65. The van der Waals surface area contributed by atoms with E-state index in [1.165, 1.54) is 12.4 Å². The molecule has 0 fully saturated rings. The number of carbonyl (C=O) groups excluding carboxylic acids is 1. The molecular weight excluding hydrogens is 412 g/mol. The van der Waals surface area contributed by atoms with Gasteiger partial charge >= 0.3 is 0 Å². The predicted molar refractivity (Wildman–Crippen MR) is 111 cm³/mol. The van der Waals surface area contributed by atoms with Gasteiger partial charge in [-0.2, -0.15) is 0 Å². The van der Waals surface area contributed by atoms with Gasteiger partial charge in [-0.3, -0.25) is 14.9 Å². The molecule has 1 atom stereocenters. The van der Waals surface area contributed by atoms with E-state index in [0.29, 0.717) is 16.6 Å². The number of amides is 1. The number of likely N-dealkylation sites (N-methyl/N-ethyl adjacent to an activating group) is 1. The minimum atomic E-state index is -0.496. The molecule has 1 amide bonds. The number of aryl methyl sites for hydroxylation is 1. The second-order valence-corrected chi connectivity index (χ2v) is 8.46. The molecule has 1 unspecified atom stereocenters. The molecule has 2 aromatic heterocycles. The first kappa shape index (κ1) is 21.0. The van der Waals surface area contributed by atoms with Gasteiger partial charge in [0.1, 0.15) is 6.33 Å². The summed E-state index contributed by atoms with van der Waals surface area (Å²) >= 11 is 2.75. The zero-order valence-corrected chi connectivity index (χ0v) is 17.7. The standard InChI is InChI=1S/C18H20N6O3S2/c1-22(2)14(15-5-4-8-28-15)10-19-17(25)12-6-7-16(13(9-12)24(26)27)29-18-21-20-11-23(18)3/h4-9,11,14H,10H2,1-3H3,(H,19,25). The Morgan fingerprint density at radius 2 is 2.21 bits per heavy atom. The van der Waals surface area contributed by atoms with Crippen LogP contribution in [-0.4, -0.2) is 51.1 Å². The van der Waals surface area contributed by atoms with Gasteiger partial charge in [0, 0.05) is 30.1 Å². The topological polar surface area (TPSA) is 106 Å². The number of nitro groups is 1. The Balaban J connectivity index is 1.76. The van der Waals surface area contributed by atoms with Gasteiger partial charge in [-0.1, -0.05) is 6.07 Å². The average molecular weight is 433 g/mol. The van der Waals surface area contributed by atoms with Crippen molar-refractivity contribution in [3.05, 3.63) is 62.6 Å². The van der Waals surface area contributed by atoms with E-state index in [2.05, 4.69) is 15.5 Å². The molecule has 0 bridgehead atoms. The van der Waals surface area contributed by atoms with Crippen LogP contribution in [0.1, 0.15) is 21.3 Å². The molecule has 29 heavy (non-hydrogen) atoms. The van der Waals surface area contributed by atoms with E-state index in [4.69, 9.17) is 0 Å². The smallest absolute Gasteiger partial charge is 0.284 e. The Morgan fingerprint density at radius 1 is 1.41 bits per heavy atom. The van der Waals surface area contributed by atoms with Crippen LogP contribution in [-0.2, 0) is 7.05 Å². The maximum Gasteiger partial charge on any atom is 0.284 e. The number of aromatic nitrogens is 3. The maximum atomic E-state index is 12.6. The highest BCUT2D eigenvalue weighted by Crippen LogP contribution is 2.34. The van der Waals surface area contributed by atoms with Gasteiger partial charge < -0.3 is 14.8 Å². The van der Waals surface area contributed by atoms with Crippen molar-refractivity contribution in [2.24, 2.45) is 7.05 Å². The van der Waals surface area contributed by atoms with E-state index in [0.717, 1.165) is 16.6 Å². The van der Waals surface area contributed by atoms with Gasteiger partial charge in [0.15, 0.2) is 5.16 Å². The molecule has 11 heteroatoms. The summed E-state index contributed by atoms with van der Waals surface area (Å²) in [5.74, 6) is -0.355. The molecule has 0 radical (unpaired) electrons. The third-order valence-corrected chi connectivity index (χ3v) is 6.33. The number of rotatable bonds is 8. The fourth-order valence-corrected chi connectivity index (χ4v) is 4.43. The first-order valence-corrected chi connectivity index (χ1v) is 10.3. The molecule has 0 aliphatic carbocycles. The number of hydrogen-bond donors (Lipinski definition) is 1. The molecule has 152 valence electrons. The van der Waals surface area contributed by atoms with E-state index >= 15 is 0 Å². The highest BCUT2D eigenvalue weighted by atomic mass is 32.2.